The fourth-order valence-electron chi connectivity index (χ4n) is 2.52. The lowest BCUT2D eigenvalue weighted by Crippen LogP contribution is -2.17. The number of carbonyl (C=O) groups excluding carboxylic acids is 2. The lowest BCUT2D eigenvalue weighted by molar-refractivity contribution is -0.137. The number of carboxylic acid groups (broad SMARTS) is 1. The quantitative estimate of drug-likeness (QED) is 0.721. The zero-order chi connectivity index (χ0) is 18.2. The van der Waals surface area contributed by atoms with E-state index in [0.29, 0.717) is 11.4 Å². The van der Waals surface area contributed by atoms with E-state index in [0.717, 1.165) is 5.56 Å². The molecule has 2 amide bonds. The number of hydrogen-bond acceptors (Lipinski definition) is 3. The van der Waals surface area contributed by atoms with Gasteiger partial charge in [-0.05, 0) is 29.8 Å². The van der Waals surface area contributed by atoms with Gasteiger partial charge >= 0.3 is 5.97 Å². The Morgan fingerprint density at radius 1 is 0.880 bits per heavy atom. The van der Waals surface area contributed by atoms with Gasteiger partial charge in [-0.1, -0.05) is 30.3 Å². The number of benzene rings is 2. The van der Waals surface area contributed by atoms with Gasteiger partial charge < -0.3 is 15.7 Å². The lowest BCUT2D eigenvalue weighted by Gasteiger charge is -2.15. The Bertz CT molecular complexity index is 742. The summed E-state index contributed by atoms with van der Waals surface area (Å²) >= 11 is 0. The Morgan fingerprint density at radius 3 is 1.96 bits per heavy atom. The number of anilines is 2. The van der Waals surface area contributed by atoms with Crippen LogP contribution in [0.3, 0.4) is 0 Å². The summed E-state index contributed by atoms with van der Waals surface area (Å²) in [5.74, 6) is -1.77. The van der Waals surface area contributed by atoms with Gasteiger partial charge in [-0.15, -0.1) is 0 Å². The summed E-state index contributed by atoms with van der Waals surface area (Å²) in [5.41, 5.74) is 2.04. The fraction of sp³-hybridized carbons (Fsp3) is 0.211. The van der Waals surface area contributed by atoms with E-state index in [1.54, 1.807) is 24.3 Å². The van der Waals surface area contributed by atoms with Crippen LogP contribution in [0.1, 0.15) is 31.2 Å². The first-order valence-corrected chi connectivity index (χ1v) is 7.88. The minimum atomic E-state index is -0.943. The number of nitrogens with one attached hydrogen (secondary N) is 2. The topological polar surface area (TPSA) is 95.5 Å². The average Bonchev–Trinajstić information content (AvgIpc) is 2.56. The predicted octanol–water partition coefficient (Wildman–Crippen LogP) is 3.23. The zero-order valence-corrected chi connectivity index (χ0v) is 13.9. The second-order valence-corrected chi connectivity index (χ2v) is 5.72. The average molecular weight is 340 g/mol. The van der Waals surface area contributed by atoms with Crippen LogP contribution in [-0.2, 0) is 14.4 Å². The van der Waals surface area contributed by atoms with Crippen molar-refractivity contribution in [2.45, 2.75) is 25.7 Å². The highest BCUT2D eigenvalue weighted by atomic mass is 16.4. The van der Waals surface area contributed by atoms with Crippen molar-refractivity contribution in [1.29, 1.82) is 0 Å². The minimum absolute atomic E-state index is 0.0732. The van der Waals surface area contributed by atoms with Crippen molar-refractivity contribution < 1.29 is 19.5 Å². The molecule has 2 aromatic rings. The van der Waals surface area contributed by atoms with E-state index in [1.807, 2.05) is 30.3 Å². The first kappa shape index (κ1) is 18.2. The normalized spacial score (nSPS) is 11.4. The monoisotopic (exact) mass is 340 g/mol. The van der Waals surface area contributed by atoms with Gasteiger partial charge in [0.25, 0.3) is 0 Å². The van der Waals surface area contributed by atoms with Crippen LogP contribution < -0.4 is 10.6 Å². The standard InChI is InChI=1S/C19H20N2O4/c1-13(22)20-16-7-9-17(10-8-16)21-18(23)11-15(12-19(24)25)14-5-3-2-4-6-14/h2-10,15H,11-12H2,1H3,(H,20,22)(H,21,23)(H,24,25)/t15-/m1/s1. The molecule has 0 saturated heterocycles. The maximum Gasteiger partial charge on any atom is 0.303 e. The number of amides is 2. The molecule has 0 aliphatic heterocycles. The van der Waals surface area contributed by atoms with Crippen LogP contribution in [0.15, 0.2) is 54.6 Å². The molecule has 0 aromatic heterocycles. The van der Waals surface area contributed by atoms with Crippen molar-refractivity contribution in [3.05, 3.63) is 60.2 Å². The molecule has 0 aliphatic rings. The van der Waals surface area contributed by atoms with Crippen LogP contribution in [0.25, 0.3) is 0 Å². The van der Waals surface area contributed by atoms with Gasteiger partial charge in [-0.25, -0.2) is 0 Å². The number of carboxylic acids is 1. The van der Waals surface area contributed by atoms with E-state index in [1.165, 1.54) is 6.92 Å². The largest absolute Gasteiger partial charge is 0.481 e. The van der Waals surface area contributed by atoms with Gasteiger partial charge in [-0.2, -0.15) is 0 Å². The molecule has 2 rings (SSSR count). The molecular weight excluding hydrogens is 320 g/mol. The molecule has 25 heavy (non-hydrogen) atoms. The van der Waals surface area contributed by atoms with Crippen LogP contribution in [0, 0.1) is 0 Å². The van der Waals surface area contributed by atoms with E-state index in [2.05, 4.69) is 10.6 Å². The highest BCUT2D eigenvalue weighted by Gasteiger charge is 2.19. The van der Waals surface area contributed by atoms with Crippen LogP contribution >= 0.6 is 0 Å². The van der Waals surface area contributed by atoms with E-state index >= 15 is 0 Å². The smallest absolute Gasteiger partial charge is 0.303 e. The van der Waals surface area contributed by atoms with Crippen LogP contribution in [0.5, 0.6) is 0 Å². The summed E-state index contributed by atoms with van der Waals surface area (Å²) in [4.78, 5) is 34.3. The molecule has 3 N–H and O–H groups in total. The second-order valence-electron chi connectivity index (χ2n) is 5.72. The maximum absolute atomic E-state index is 12.3. The zero-order valence-electron chi connectivity index (χ0n) is 13.9. The molecule has 0 bridgehead atoms. The fourth-order valence-corrected chi connectivity index (χ4v) is 2.52. The molecule has 130 valence electrons. The molecule has 0 aliphatic carbocycles. The van der Waals surface area contributed by atoms with Gasteiger partial charge in [0, 0.05) is 30.6 Å². The van der Waals surface area contributed by atoms with Gasteiger partial charge in [0.2, 0.25) is 11.8 Å². The van der Waals surface area contributed by atoms with Crippen LogP contribution in [0.2, 0.25) is 0 Å². The molecule has 0 unspecified atom stereocenters. The highest BCUT2D eigenvalue weighted by Crippen LogP contribution is 2.24. The van der Waals surface area contributed by atoms with E-state index in [-0.39, 0.29) is 24.7 Å². The Morgan fingerprint density at radius 2 is 1.44 bits per heavy atom. The molecule has 0 spiro atoms. The Kier molecular flexibility index (Phi) is 6.28. The minimum Gasteiger partial charge on any atom is -0.481 e. The van der Waals surface area contributed by atoms with Crippen molar-refractivity contribution in [2.24, 2.45) is 0 Å². The highest BCUT2D eigenvalue weighted by molar-refractivity contribution is 5.92. The van der Waals surface area contributed by atoms with Gasteiger partial charge in [-0.3, -0.25) is 14.4 Å². The van der Waals surface area contributed by atoms with E-state index in [9.17, 15) is 14.4 Å². The summed E-state index contributed by atoms with van der Waals surface area (Å²) < 4.78 is 0. The summed E-state index contributed by atoms with van der Waals surface area (Å²) in [7, 11) is 0. The molecule has 0 radical (unpaired) electrons. The molecule has 0 saturated carbocycles. The Balaban J connectivity index is 2.01. The second kappa shape index (κ2) is 8.63. The number of hydrogen-bond donors (Lipinski definition) is 3. The van der Waals surface area contributed by atoms with Crippen LogP contribution in [-0.4, -0.2) is 22.9 Å². The predicted molar refractivity (Wildman–Crippen MR) is 95.4 cm³/mol. The lowest BCUT2D eigenvalue weighted by atomic mass is 9.92. The van der Waals surface area contributed by atoms with Crippen molar-refractivity contribution in [3.63, 3.8) is 0 Å². The number of carbonyl (C=O) groups is 3. The van der Waals surface area contributed by atoms with Gasteiger partial charge in [0.15, 0.2) is 0 Å². The van der Waals surface area contributed by atoms with Crippen molar-refractivity contribution in [3.8, 4) is 0 Å². The molecule has 6 heteroatoms. The number of aliphatic carboxylic acids is 1. The maximum atomic E-state index is 12.3. The Hall–Kier alpha value is -3.15. The van der Waals surface area contributed by atoms with E-state index in [4.69, 9.17) is 5.11 Å². The molecule has 2 aromatic carbocycles. The van der Waals surface area contributed by atoms with Crippen LogP contribution in [0.4, 0.5) is 11.4 Å². The third-order valence-corrected chi connectivity index (χ3v) is 3.61. The van der Waals surface area contributed by atoms with E-state index < -0.39 is 11.9 Å². The number of rotatable bonds is 7. The molecule has 0 fully saturated rings. The SMILES string of the molecule is CC(=O)Nc1ccc(NC(=O)C[C@H](CC(=O)O)c2ccccc2)cc1. The first-order valence-electron chi connectivity index (χ1n) is 7.88. The summed E-state index contributed by atoms with van der Waals surface area (Å²) in [5, 5.41) is 14.5. The summed E-state index contributed by atoms with van der Waals surface area (Å²) in [6.07, 6.45) is -0.0390. The van der Waals surface area contributed by atoms with Crippen molar-refractivity contribution >= 4 is 29.2 Å². The summed E-state index contributed by atoms with van der Waals surface area (Å²) in [6.45, 7) is 1.42. The van der Waals surface area contributed by atoms with Crippen molar-refractivity contribution in [2.75, 3.05) is 10.6 Å². The Labute approximate surface area is 145 Å². The molecule has 1 atom stereocenters. The molecule has 6 nitrogen and oxygen atoms in total. The third kappa shape index (κ3) is 6.10. The third-order valence-electron chi connectivity index (χ3n) is 3.61. The molecule has 0 heterocycles. The summed E-state index contributed by atoms with van der Waals surface area (Å²) in [6, 6.07) is 15.9. The van der Waals surface area contributed by atoms with Crippen molar-refractivity contribution in [1.82, 2.24) is 0 Å². The molecular formula is C19H20N2O4. The van der Waals surface area contributed by atoms with Gasteiger partial charge in [0.1, 0.15) is 0 Å². The van der Waals surface area contributed by atoms with Gasteiger partial charge in [0.05, 0.1) is 6.42 Å². The first-order chi connectivity index (χ1) is 11.9.